The minimum absolute atomic E-state index is 0.276. The molecule has 27 aromatic rings. The Morgan fingerprint density at radius 1 is 0.252 bits per heavy atom. The van der Waals surface area contributed by atoms with Crippen LogP contribution in [-0.4, -0.2) is 33.6 Å². The van der Waals surface area contributed by atoms with Gasteiger partial charge in [0, 0.05) is 118 Å². The standard InChI is InChI=1S/C58H34N4S.C41H25NS.C18H11ClN2/c1-3-16-36(17-4-1)54-46-31-27-35-15-7-8-20-40(35)55(46)60-58(59-54)62-50-34-38(37-29-32-49-47(33-37)41-21-11-13-25-48(41)61(49)39-18-5-2-6-19-39)28-30-44(50)52-42-22-9-10-23-43(42)53-45-24-12-14-26-51(45)63-57(53)56(52)62;1-2-10-28(11-3-1)42-36-16-8-6-12-30(36)34-23-26(19-21-37(34)42)25-18-20-29-27(22-25)24-35-39(29)31-13-4-5-14-32(31)40-33-15-7-9-17-38(33)43-41(35)40;19-18-20-16(13-7-2-1-3-8-13)15-11-10-12-6-4-5-9-14(12)17(15)21-18/h1-34H;1-23H,24H2;1-11H. The Balaban J connectivity index is 0.000000114. The van der Waals surface area contributed by atoms with Crippen molar-refractivity contribution in [2.75, 3.05) is 0 Å². The molecule has 7 heterocycles. The van der Waals surface area contributed by atoms with Crippen LogP contribution in [0, 0.1) is 0 Å². The predicted molar refractivity (Wildman–Crippen MR) is 539 cm³/mol. The fraction of sp³-hybridized carbons (Fsp3) is 0.00855. The smallest absolute Gasteiger partial charge is 0.235 e. The Kier molecular flexibility index (Phi) is 16.8. The summed E-state index contributed by atoms with van der Waals surface area (Å²) in [6.45, 7) is 0. The zero-order valence-electron chi connectivity index (χ0n) is 68.3. The largest absolute Gasteiger partial charge is 0.309 e. The van der Waals surface area contributed by atoms with Crippen LogP contribution in [0.3, 0.4) is 0 Å². The highest BCUT2D eigenvalue weighted by atomic mass is 35.5. The van der Waals surface area contributed by atoms with Gasteiger partial charge in [0.25, 0.3) is 0 Å². The fourth-order valence-electron chi connectivity index (χ4n) is 20.5. The van der Waals surface area contributed by atoms with E-state index in [2.05, 4.69) is 394 Å². The van der Waals surface area contributed by atoms with Gasteiger partial charge < -0.3 is 9.13 Å². The highest BCUT2D eigenvalue weighted by molar-refractivity contribution is 7.27. The molecule has 0 atom stereocenters. The van der Waals surface area contributed by atoms with E-state index in [1.165, 1.54) is 155 Å². The molecule has 0 saturated heterocycles. The molecule has 0 N–H and O–H groups in total. The molecule has 1 aliphatic rings. The van der Waals surface area contributed by atoms with Crippen LogP contribution in [0.1, 0.15) is 11.1 Å². The lowest BCUT2D eigenvalue weighted by Gasteiger charge is -2.14. The lowest BCUT2D eigenvalue weighted by atomic mass is 9.93. The number of hydrogen-bond donors (Lipinski definition) is 0. The summed E-state index contributed by atoms with van der Waals surface area (Å²) in [5.41, 5.74) is 25.7. The van der Waals surface area contributed by atoms with E-state index in [4.69, 9.17) is 21.6 Å². The molecule has 0 radical (unpaired) electrons. The van der Waals surface area contributed by atoms with Gasteiger partial charge in [0.05, 0.1) is 60.2 Å². The summed E-state index contributed by atoms with van der Waals surface area (Å²) in [7, 11) is 0. The number of halogens is 1. The van der Waals surface area contributed by atoms with Gasteiger partial charge in [-0.2, -0.15) is 0 Å². The van der Waals surface area contributed by atoms with E-state index in [1.807, 2.05) is 65.1 Å². The number of para-hydroxylation sites is 4. The molecule has 0 bridgehead atoms. The lowest BCUT2D eigenvalue weighted by molar-refractivity contribution is 1.02. The van der Waals surface area contributed by atoms with Crippen molar-refractivity contribution >= 4 is 205 Å². The Hall–Kier alpha value is -15.8. The summed E-state index contributed by atoms with van der Waals surface area (Å²) in [6, 6.07) is 149. The molecule has 0 saturated carbocycles. The Morgan fingerprint density at radius 2 is 0.661 bits per heavy atom. The molecular formula is C117H70ClN7S2. The molecule has 0 amide bonds. The van der Waals surface area contributed by atoms with Crippen LogP contribution >= 0.6 is 34.3 Å². The van der Waals surface area contributed by atoms with Gasteiger partial charge in [0.15, 0.2) is 0 Å². The zero-order chi connectivity index (χ0) is 83.5. The molecular weight excluding hydrogens is 1600 g/mol. The third-order valence-electron chi connectivity index (χ3n) is 26.1. The maximum absolute atomic E-state index is 6.15. The maximum Gasteiger partial charge on any atom is 0.235 e. The van der Waals surface area contributed by atoms with E-state index in [9.17, 15) is 0 Å². The van der Waals surface area contributed by atoms with Gasteiger partial charge in [-0.15, -0.1) is 22.7 Å². The van der Waals surface area contributed by atoms with Gasteiger partial charge in [-0.1, -0.05) is 322 Å². The van der Waals surface area contributed by atoms with Gasteiger partial charge in [-0.3, -0.25) is 4.57 Å². The second-order valence-electron chi connectivity index (χ2n) is 33.0. The third-order valence-corrected chi connectivity index (χ3v) is 28.7. The molecule has 0 unspecified atom stereocenters. The first-order valence-electron chi connectivity index (χ1n) is 43.0. The summed E-state index contributed by atoms with van der Waals surface area (Å²) in [5.74, 6) is 0.658. The van der Waals surface area contributed by atoms with Crippen LogP contribution < -0.4 is 0 Å². The fourth-order valence-corrected chi connectivity index (χ4v) is 23.2. The molecule has 0 fully saturated rings. The SMILES string of the molecule is Clc1nc(-c2ccccc2)c2ccc3ccccc3c2n1.c1ccc(-c2nc(-n3c4cc(-c5ccc6c(c5)c5ccccc5n6-c5ccccc5)ccc4c4c5ccccc5c5c6ccccc6sc5c43)nc3c2ccc2ccccc23)cc1.c1ccc(-n2c3ccccc3c3cc(-c4ccc5c(c4)Cc4c-5c5ccccc5c5c4sc4ccccc45)ccc32)cc1. The van der Waals surface area contributed by atoms with Crippen molar-refractivity contribution < 1.29 is 0 Å². The summed E-state index contributed by atoms with van der Waals surface area (Å²) in [6.07, 6.45) is 0.974. The summed E-state index contributed by atoms with van der Waals surface area (Å²) >= 11 is 9.97. The average molecular weight is 1670 g/mol. The number of fused-ring (bicyclic) bond motifs is 32. The van der Waals surface area contributed by atoms with Gasteiger partial charge in [-0.05, 0) is 179 Å². The molecule has 127 heavy (non-hydrogen) atoms. The van der Waals surface area contributed by atoms with Crippen LogP contribution in [0.5, 0.6) is 0 Å². The molecule has 0 aliphatic heterocycles. The summed E-state index contributed by atoms with van der Waals surface area (Å²) in [4.78, 5) is 20.1. The number of nitrogens with zero attached hydrogens (tertiary/aromatic N) is 7. The van der Waals surface area contributed by atoms with Crippen molar-refractivity contribution in [1.29, 1.82) is 0 Å². The highest BCUT2D eigenvalue weighted by Crippen LogP contribution is 2.53. The van der Waals surface area contributed by atoms with Crippen LogP contribution in [0.2, 0.25) is 5.28 Å². The quantitative estimate of drug-likeness (QED) is 0.118. The Morgan fingerprint density at radius 3 is 1.24 bits per heavy atom. The van der Waals surface area contributed by atoms with Gasteiger partial charge in [-0.25, -0.2) is 19.9 Å². The van der Waals surface area contributed by atoms with Crippen molar-refractivity contribution in [2.45, 2.75) is 6.42 Å². The number of thiophene rings is 2. The van der Waals surface area contributed by atoms with Crippen LogP contribution in [0.4, 0.5) is 0 Å². The van der Waals surface area contributed by atoms with E-state index in [1.54, 1.807) is 0 Å². The van der Waals surface area contributed by atoms with Crippen LogP contribution in [0.25, 0.3) is 244 Å². The van der Waals surface area contributed by atoms with E-state index in [0.29, 0.717) is 5.95 Å². The second kappa shape index (κ2) is 29.2. The highest BCUT2D eigenvalue weighted by Gasteiger charge is 2.30. The van der Waals surface area contributed by atoms with Crippen LogP contribution in [0.15, 0.2) is 413 Å². The Labute approximate surface area is 741 Å². The first-order chi connectivity index (χ1) is 62.9. The number of benzene rings is 20. The van der Waals surface area contributed by atoms with Crippen molar-refractivity contribution in [3.8, 4) is 73.2 Å². The molecule has 20 aromatic carbocycles. The predicted octanol–water partition coefficient (Wildman–Crippen LogP) is 32.5. The monoisotopic (exact) mass is 1670 g/mol. The number of rotatable bonds is 7. The first kappa shape index (κ1) is 72.8. The van der Waals surface area contributed by atoms with Crippen molar-refractivity contribution in [3.05, 3.63) is 429 Å². The summed E-state index contributed by atoms with van der Waals surface area (Å²) in [5, 5.41) is 24.8. The van der Waals surface area contributed by atoms with Crippen molar-refractivity contribution in [1.82, 2.24) is 33.6 Å². The maximum atomic E-state index is 6.15. The van der Waals surface area contributed by atoms with Crippen molar-refractivity contribution in [2.24, 2.45) is 0 Å². The van der Waals surface area contributed by atoms with Gasteiger partial charge in [0.1, 0.15) is 0 Å². The van der Waals surface area contributed by atoms with Crippen LogP contribution in [-0.2, 0) is 6.42 Å². The minimum Gasteiger partial charge on any atom is -0.309 e. The van der Waals surface area contributed by atoms with Gasteiger partial charge in [0.2, 0.25) is 11.2 Å². The van der Waals surface area contributed by atoms with E-state index < -0.39 is 0 Å². The Bertz CT molecular complexity index is 9270. The average Bonchev–Trinajstić information content (AvgIpc) is 1.53. The molecule has 10 heteroatoms. The minimum atomic E-state index is 0.276. The zero-order valence-corrected chi connectivity index (χ0v) is 70.7. The van der Waals surface area contributed by atoms with E-state index in [-0.39, 0.29) is 5.28 Å². The number of hydrogen-bond acceptors (Lipinski definition) is 6. The van der Waals surface area contributed by atoms with E-state index in [0.717, 1.165) is 100 Å². The van der Waals surface area contributed by atoms with Gasteiger partial charge >= 0.3 is 0 Å². The van der Waals surface area contributed by atoms with E-state index >= 15 is 0 Å². The second-order valence-corrected chi connectivity index (χ2v) is 35.5. The molecule has 0 spiro atoms. The normalized spacial score (nSPS) is 12.1. The molecule has 28 rings (SSSR count). The molecule has 592 valence electrons. The topological polar surface area (TPSA) is 66.3 Å². The summed E-state index contributed by atoms with van der Waals surface area (Å²) < 4.78 is 12.5. The van der Waals surface area contributed by atoms with Crippen molar-refractivity contribution in [3.63, 3.8) is 0 Å². The first-order valence-corrected chi connectivity index (χ1v) is 45.1. The molecule has 7 nitrogen and oxygen atoms in total. The molecule has 1 aliphatic carbocycles. The number of aromatic nitrogens is 7. The molecule has 7 aromatic heterocycles. The third kappa shape index (κ3) is 11.6. The lowest BCUT2D eigenvalue weighted by Crippen LogP contribution is -2.04.